The van der Waals surface area contributed by atoms with Gasteiger partial charge in [0.1, 0.15) is 0 Å². The minimum absolute atomic E-state index is 0. The number of methoxy groups -OCH3 is 1. The molecule has 1 aliphatic heterocycles. The molecule has 1 aromatic carbocycles. The van der Waals surface area contributed by atoms with E-state index in [1.165, 1.54) is 12.1 Å². The summed E-state index contributed by atoms with van der Waals surface area (Å²) in [7, 11) is 3.39. The zero-order valence-corrected chi connectivity index (χ0v) is 18.6. The van der Waals surface area contributed by atoms with Crippen molar-refractivity contribution in [2.24, 2.45) is 4.99 Å². The number of likely N-dealkylation sites (tertiary alicyclic amines) is 1. The van der Waals surface area contributed by atoms with Gasteiger partial charge in [-0.2, -0.15) is 13.2 Å². The fourth-order valence-electron chi connectivity index (χ4n) is 3.01. The number of guanidine groups is 1. The molecular formula is C19H29F3IN3O2. The van der Waals surface area contributed by atoms with Crippen LogP contribution >= 0.6 is 24.0 Å². The first-order valence-electron chi connectivity index (χ1n) is 9.16. The normalized spacial score (nSPS) is 16.0. The summed E-state index contributed by atoms with van der Waals surface area (Å²) in [5, 5.41) is 3.23. The Labute approximate surface area is 181 Å². The molecule has 1 heterocycles. The molecule has 2 rings (SSSR count). The molecule has 0 bridgehead atoms. The Hall–Kier alpha value is -1.07. The van der Waals surface area contributed by atoms with E-state index in [1.54, 1.807) is 14.2 Å². The Morgan fingerprint density at radius 2 is 1.82 bits per heavy atom. The average molecular weight is 515 g/mol. The SMILES string of the molecule is CN=C(NCc1ccc(C(F)(F)F)cc1)N1CCC(OCCCOC)CC1.I. The smallest absolute Gasteiger partial charge is 0.385 e. The number of ether oxygens (including phenoxy) is 2. The summed E-state index contributed by atoms with van der Waals surface area (Å²) < 4.78 is 48.7. The van der Waals surface area contributed by atoms with Gasteiger partial charge in [-0.15, -0.1) is 24.0 Å². The molecule has 1 N–H and O–H groups in total. The predicted octanol–water partition coefficient (Wildman–Crippen LogP) is 3.92. The van der Waals surface area contributed by atoms with Crippen LogP contribution in [-0.2, 0) is 22.2 Å². The van der Waals surface area contributed by atoms with E-state index < -0.39 is 11.7 Å². The lowest BCUT2D eigenvalue weighted by Crippen LogP contribution is -2.46. The van der Waals surface area contributed by atoms with Gasteiger partial charge in [-0.1, -0.05) is 12.1 Å². The molecule has 160 valence electrons. The second-order valence-electron chi connectivity index (χ2n) is 6.50. The van der Waals surface area contributed by atoms with Crippen LogP contribution in [0.3, 0.4) is 0 Å². The summed E-state index contributed by atoms with van der Waals surface area (Å²) in [6.45, 7) is 3.51. The highest BCUT2D eigenvalue weighted by molar-refractivity contribution is 14.0. The second kappa shape index (κ2) is 12.5. The zero-order chi connectivity index (χ0) is 19.7. The summed E-state index contributed by atoms with van der Waals surface area (Å²) >= 11 is 0. The number of hydrogen-bond acceptors (Lipinski definition) is 3. The third-order valence-corrected chi connectivity index (χ3v) is 4.53. The molecule has 0 atom stereocenters. The molecular weight excluding hydrogens is 486 g/mol. The molecule has 0 spiro atoms. The molecule has 1 aromatic rings. The predicted molar refractivity (Wildman–Crippen MR) is 114 cm³/mol. The summed E-state index contributed by atoms with van der Waals surface area (Å²) in [5.41, 5.74) is 0.142. The van der Waals surface area contributed by atoms with E-state index in [-0.39, 0.29) is 30.1 Å². The van der Waals surface area contributed by atoms with Gasteiger partial charge in [0.15, 0.2) is 5.96 Å². The van der Waals surface area contributed by atoms with Crippen LogP contribution in [-0.4, -0.2) is 57.4 Å². The monoisotopic (exact) mass is 515 g/mol. The Morgan fingerprint density at radius 3 is 2.36 bits per heavy atom. The topological polar surface area (TPSA) is 46.1 Å². The fourth-order valence-corrected chi connectivity index (χ4v) is 3.01. The molecule has 0 unspecified atom stereocenters. The van der Waals surface area contributed by atoms with Crippen LogP contribution in [0.2, 0.25) is 0 Å². The van der Waals surface area contributed by atoms with Gasteiger partial charge in [-0.05, 0) is 37.0 Å². The van der Waals surface area contributed by atoms with Gasteiger partial charge >= 0.3 is 6.18 Å². The lowest BCUT2D eigenvalue weighted by atomic mass is 10.1. The fraction of sp³-hybridized carbons (Fsp3) is 0.632. The maximum absolute atomic E-state index is 12.6. The van der Waals surface area contributed by atoms with Gasteiger partial charge in [0.25, 0.3) is 0 Å². The number of alkyl halides is 3. The van der Waals surface area contributed by atoms with E-state index in [1.807, 2.05) is 0 Å². The number of piperidine rings is 1. The van der Waals surface area contributed by atoms with Crippen LogP contribution < -0.4 is 5.32 Å². The highest BCUT2D eigenvalue weighted by Crippen LogP contribution is 2.29. The standard InChI is InChI=1S/C19H28F3N3O2.HI/c1-23-18(24-14-15-4-6-16(7-5-15)19(20,21)22)25-10-8-17(9-11-25)27-13-3-12-26-2;/h4-7,17H,3,8-14H2,1-2H3,(H,23,24);1H. The van der Waals surface area contributed by atoms with Crippen LogP contribution in [0.15, 0.2) is 29.3 Å². The first kappa shape index (κ1) is 25.0. The van der Waals surface area contributed by atoms with Crippen LogP contribution in [0, 0.1) is 0 Å². The zero-order valence-electron chi connectivity index (χ0n) is 16.3. The number of halogens is 4. The highest BCUT2D eigenvalue weighted by Gasteiger charge is 2.30. The van der Waals surface area contributed by atoms with Crippen molar-refractivity contribution in [3.63, 3.8) is 0 Å². The number of rotatable bonds is 7. The molecule has 0 radical (unpaired) electrons. The highest BCUT2D eigenvalue weighted by atomic mass is 127. The van der Waals surface area contributed by atoms with Gasteiger partial charge in [0, 0.05) is 47.0 Å². The maximum atomic E-state index is 12.6. The van der Waals surface area contributed by atoms with Crippen molar-refractivity contribution in [1.82, 2.24) is 10.2 Å². The maximum Gasteiger partial charge on any atom is 0.416 e. The van der Waals surface area contributed by atoms with Crippen molar-refractivity contribution < 1.29 is 22.6 Å². The molecule has 0 saturated carbocycles. The molecule has 9 heteroatoms. The van der Waals surface area contributed by atoms with Gasteiger partial charge < -0.3 is 19.7 Å². The number of benzene rings is 1. The molecule has 0 amide bonds. The molecule has 28 heavy (non-hydrogen) atoms. The van der Waals surface area contributed by atoms with Crippen molar-refractivity contribution in [1.29, 1.82) is 0 Å². The van der Waals surface area contributed by atoms with E-state index in [2.05, 4.69) is 15.2 Å². The van der Waals surface area contributed by atoms with Gasteiger partial charge in [-0.3, -0.25) is 4.99 Å². The lowest BCUT2D eigenvalue weighted by molar-refractivity contribution is -0.137. The van der Waals surface area contributed by atoms with E-state index in [0.717, 1.165) is 56.0 Å². The Bertz CT molecular complexity index is 589. The largest absolute Gasteiger partial charge is 0.416 e. The van der Waals surface area contributed by atoms with Gasteiger partial charge in [0.2, 0.25) is 0 Å². The summed E-state index contributed by atoms with van der Waals surface area (Å²) in [5.74, 6) is 0.757. The van der Waals surface area contributed by atoms with Crippen molar-refractivity contribution in [3.05, 3.63) is 35.4 Å². The van der Waals surface area contributed by atoms with Crippen molar-refractivity contribution in [2.45, 2.75) is 38.1 Å². The van der Waals surface area contributed by atoms with Gasteiger partial charge in [-0.25, -0.2) is 0 Å². The third-order valence-electron chi connectivity index (χ3n) is 4.53. The number of nitrogens with one attached hydrogen (secondary N) is 1. The van der Waals surface area contributed by atoms with E-state index in [0.29, 0.717) is 19.8 Å². The second-order valence-corrected chi connectivity index (χ2v) is 6.50. The first-order valence-corrected chi connectivity index (χ1v) is 9.16. The van der Waals surface area contributed by atoms with E-state index in [4.69, 9.17) is 9.47 Å². The first-order chi connectivity index (χ1) is 12.9. The van der Waals surface area contributed by atoms with Crippen LogP contribution in [0.4, 0.5) is 13.2 Å². The van der Waals surface area contributed by atoms with E-state index >= 15 is 0 Å². The number of nitrogens with zero attached hydrogens (tertiary/aromatic N) is 2. The minimum Gasteiger partial charge on any atom is -0.385 e. The molecule has 1 fully saturated rings. The van der Waals surface area contributed by atoms with Crippen molar-refractivity contribution in [3.8, 4) is 0 Å². The summed E-state index contributed by atoms with van der Waals surface area (Å²) in [4.78, 5) is 6.44. The van der Waals surface area contributed by atoms with Crippen molar-refractivity contribution in [2.75, 3.05) is 40.5 Å². The molecule has 5 nitrogen and oxygen atoms in total. The average Bonchev–Trinajstić information content (AvgIpc) is 2.66. The van der Waals surface area contributed by atoms with Crippen molar-refractivity contribution >= 4 is 29.9 Å². The molecule has 0 aliphatic carbocycles. The number of hydrogen-bond donors (Lipinski definition) is 1. The third kappa shape index (κ3) is 8.12. The minimum atomic E-state index is -4.31. The van der Waals surface area contributed by atoms with Crippen LogP contribution in [0.25, 0.3) is 0 Å². The Morgan fingerprint density at radius 1 is 1.18 bits per heavy atom. The Balaban J connectivity index is 0.00000392. The van der Waals surface area contributed by atoms with Gasteiger partial charge in [0.05, 0.1) is 11.7 Å². The van der Waals surface area contributed by atoms with Crippen LogP contribution in [0.1, 0.15) is 30.4 Å². The summed E-state index contributed by atoms with van der Waals surface area (Å²) in [6, 6.07) is 5.19. The molecule has 0 aromatic heterocycles. The summed E-state index contributed by atoms with van der Waals surface area (Å²) in [6.07, 6.45) is -1.31. The van der Waals surface area contributed by atoms with E-state index in [9.17, 15) is 13.2 Å². The van der Waals surface area contributed by atoms with Crippen LogP contribution in [0.5, 0.6) is 0 Å². The quantitative estimate of drug-likeness (QED) is 0.259. The molecule has 1 saturated heterocycles. The Kier molecular flexibility index (Phi) is 11.1. The lowest BCUT2D eigenvalue weighted by Gasteiger charge is -2.34. The molecule has 1 aliphatic rings. The number of aliphatic imine (C=N–C) groups is 1.